The zero-order valence-corrected chi connectivity index (χ0v) is 12.1. The second-order valence-corrected chi connectivity index (χ2v) is 4.68. The van der Waals surface area contributed by atoms with Crippen LogP contribution in [0.5, 0.6) is 0 Å². The van der Waals surface area contributed by atoms with Gasteiger partial charge in [-0.3, -0.25) is 4.79 Å². The third kappa shape index (κ3) is 5.28. The van der Waals surface area contributed by atoms with Crippen LogP contribution in [0.15, 0.2) is 24.3 Å². The van der Waals surface area contributed by atoms with Crippen LogP contribution in [0.3, 0.4) is 0 Å². The van der Waals surface area contributed by atoms with E-state index < -0.39 is 12.0 Å². The smallest absolute Gasteiger partial charge is 0.367 e. The average Bonchev–Trinajstić information content (AvgIpc) is 2.44. The molecule has 0 aliphatic carbocycles. The molecule has 5 nitrogen and oxygen atoms in total. The minimum absolute atomic E-state index is 0.0292. The van der Waals surface area contributed by atoms with E-state index in [4.69, 9.17) is 21.4 Å². The zero-order valence-electron chi connectivity index (χ0n) is 11.3. The van der Waals surface area contributed by atoms with Crippen LogP contribution in [0.2, 0.25) is 5.02 Å². The Morgan fingerprint density at radius 3 is 2.55 bits per heavy atom. The molecule has 0 fully saturated rings. The maximum Gasteiger partial charge on any atom is 0.367 e. The van der Waals surface area contributed by atoms with Crippen molar-refractivity contribution in [3.05, 3.63) is 34.9 Å². The molecule has 0 aromatic heterocycles. The fourth-order valence-corrected chi connectivity index (χ4v) is 1.82. The number of ketones is 1. The largest absolute Gasteiger partial charge is 0.462 e. The molecule has 0 unspecified atom stereocenters. The predicted octanol–water partition coefficient (Wildman–Crippen LogP) is 0.400. The Bertz CT molecular complexity index is 447. The third-order valence-corrected chi connectivity index (χ3v) is 3.03. The van der Waals surface area contributed by atoms with E-state index in [9.17, 15) is 9.59 Å². The Balaban J connectivity index is 2.41. The molecule has 0 amide bonds. The van der Waals surface area contributed by atoms with E-state index in [1.165, 1.54) is 0 Å². The number of carbonyl (C=O) groups excluding carboxylic acids is 2. The maximum absolute atomic E-state index is 11.9. The summed E-state index contributed by atoms with van der Waals surface area (Å²) in [4.78, 5) is 23.3. The molecule has 0 saturated carbocycles. The van der Waals surface area contributed by atoms with E-state index in [1.54, 1.807) is 36.5 Å². The van der Waals surface area contributed by atoms with Gasteiger partial charge in [0.15, 0.2) is 5.78 Å². The van der Waals surface area contributed by atoms with Gasteiger partial charge in [-0.15, -0.1) is 0 Å². The van der Waals surface area contributed by atoms with Gasteiger partial charge < -0.3 is 15.2 Å². The van der Waals surface area contributed by atoms with E-state index in [1.807, 2.05) is 0 Å². The van der Waals surface area contributed by atoms with Gasteiger partial charge in [0.2, 0.25) is 6.04 Å². The molecule has 0 spiro atoms. The number of halogens is 1. The highest BCUT2D eigenvalue weighted by Gasteiger charge is 2.22. The zero-order chi connectivity index (χ0) is 15.0. The summed E-state index contributed by atoms with van der Waals surface area (Å²) in [6.07, 6.45) is 0.275. The van der Waals surface area contributed by atoms with E-state index >= 15 is 0 Å². The van der Waals surface area contributed by atoms with Gasteiger partial charge in [0.25, 0.3) is 0 Å². The number of hydrogen-bond donors (Lipinski definition) is 2. The summed E-state index contributed by atoms with van der Waals surface area (Å²) in [5.41, 5.74) is 0.583. The van der Waals surface area contributed by atoms with Crippen LogP contribution in [-0.4, -0.2) is 42.7 Å². The Labute approximate surface area is 122 Å². The Morgan fingerprint density at radius 2 is 2.00 bits per heavy atom. The molecule has 0 aliphatic rings. The van der Waals surface area contributed by atoms with Crippen molar-refractivity contribution in [3.8, 4) is 0 Å². The van der Waals surface area contributed by atoms with E-state index in [2.05, 4.69) is 0 Å². The first-order chi connectivity index (χ1) is 9.58. The average molecular weight is 301 g/mol. The normalized spacial score (nSPS) is 11.9. The first kappa shape index (κ1) is 16.6. The minimum atomic E-state index is -0.673. The number of nitrogens with two attached hydrogens (primary N) is 1. The highest BCUT2D eigenvalue weighted by atomic mass is 35.5. The van der Waals surface area contributed by atoms with Crippen molar-refractivity contribution < 1.29 is 24.7 Å². The molecule has 0 bridgehead atoms. The molecule has 1 aromatic carbocycles. The molecule has 1 atom stereocenters. The molecular formula is C14H19ClNO4+. The molecule has 0 radical (unpaired) electrons. The van der Waals surface area contributed by atoms with Gasteiger partial charge in [0.1, 0.15) is 6.61 Å². The lowest BCUT2D eigenvalue weighted by atomic mass is 10.1. The van der Waals surface area contributed by atoms with Crippen LogP contribution in [0.1, 0.15) is 23.7 Å². The van der Waals surface area contributed by atoms with Gasteiger partial charge >= 0.3 is 5.97 Å². The summed E-state index contributed by atoms with van der Waals surface area (Å²) in [7, 11) is 0. The molecule has 0 aliphatic heterocycles. The molecular weight excluding hydrogens is 282 g/mol. The number of Topliss-reactive ketones (excluding diaryl/α,β-unsaturated/α-hetero) is 1. The predicted molar refractivity (Wildman–Crippen MR) is 74.7 cm³/mol. The molecule has 20 heavy (non-hydrogen) atoms. The van der Waals surface area contributed by atoms with Crippen molar-refractivity contribution in [1.82, 2.24) is 0 Å². The van der Waals surface area contributed by atoms with Crippen molar-refractivity contribution in [2.24, 2.45) is 0 Å². The molecule has 110 valence electrons. The summed E-state index contributed by atoms with van der Waals surface area (Å²) < 4.78 is 4.82. The van der Waals surface area contributed by atoms with Crippen LogP contribution in [-0.2, 0) is 9.53 Å². The van der Waals surface area contributed by atoms with Crippen LogP contribution >= 0.6 is 11.6 Å². The van der Waals surface area contributed by atoms with Gasteiger partial charge in [-0.25, -0.2) is 4.79 Å². The summed E-state index contributed by atoms with van der Waals surface area (Å²) in [5, 5.41) is 11.3. The number of esters is 1. The SMILES string of the molecule is CCOC(=O)[C@@H](CO)[NH2+]CCC(=O)c1ccc(Cl)cc1. The molecule has 3 N–H and O–H groups in total. The highest BCUT2D eigenvalue weighted by molar-refractivity contribution is 6.30. The number of aliphatic hydroxyl groups excluding tert-OH is 1. The monoisotopic (exact) mass is 300 g/mol. The first-order valence-electron chi connectivity index (χ1n) is 6.48. The molecule has 0 heterocycles. The number of benzene rings is 1. The van der Waals surface area contributed by atoms with Crippen molar-refractivity contribution in [3.63, 3.8) is 0 Å². The number of carbonyl (C=O) groups is 2. The minimum Gasteiger partial charge on any atom is -0.462 e. The van der Waals surface area contributed by atoms with E-state index in [-0.39, 0.29) is 25.4 Å². The van der Waals surface area contributed by atoms with Crippen LogP contribution < -0.4 is 5.32 Å². The number of hydrogen-bond acceptors (Lipinski definition) is 4. The molecule has 0 saturated heterocycles. The lowest BCUT2D eigenvalue weighted by Gasteiger charge is -2.11. The summed E-state index contributed by atoms with van der Waals surface area (Å²) in [6.45, 7) is 2.07. The van der Waals surface area contributed by atoms with Crippen LogP contribution in [0, 0.1) is 0 Å². The Hall–Kier alpha value is -1.43. The first-order valence-corrected chi connectivity index (χ1v) is 6.85. The Morgan fingerprint density at radius 1 is 1.35 bits per heavy atom. The van der Waals surface area contributed by atoms with Gasteiger partial charge in [-0.05, 0) is 31.2 Å². The second-order valence-electron chi connectivity index (χ2n) is 4.25. The van der Waals surface area contributed by atoms with Gasteiger partial charge in [0.05, 0.1) is 19.6 Å². The third-order valence-electron chi connectivity index (χ3n) is 2.77. The van der Waals surface area contributed by atoms with Crippen LogP contribution in [0.4, 0.5) is 0 Å². The lowest BCUT2D eigenvalue weighted by molar-refractivity contribution is -0.678. The molecule has 1 aromatic rings. The van der Waals surface area contributed by atoms with Gasteiger partial charge in [0, 0.05) is 10.6 Å². The topological polar surface area (TPSA) is 80.2 Å². The number of aliphatic hydroxyl groups is 1. The quantitative estimate of drug-likeness (QED) is 0.538. The summed E-state index contributed by atoms with van der Waals surface area (Å²) in [6, 6.07) is 5.98. The maximum atomic E-state index is 11.9. The molecule has 1 rings (SSSR count). The lowest BCUT2D eigenvalue weighted by Crippen LogP contribution is -2.93. The highest BCUT2D eigenvalue weighted by Crippen LogP contribution is 2.10. The van der Waals surface area contributed by atoms with Gasteiger partial charge in [-0.2, -0.15) is 0 Å². The second kappa shape index (κ2) is 8.68. The fourth-order valence-electron chi connectivity index (χ4n) is 1.69. The standard InChI is InChI=1S/C14H18ClNO4/c1-2-20-14(19)12(9-17)16-8-7-13(18)10-3-5-11(15)6-4-10/h3-6,12,16-17H,2,7-9H2,1H3/p+1/t12-/m1/s1. The summed E-state index contributed by atoms with van der Waals surface area (Å²) >= 11 is 5.75. The van der Waals surface area contributed by atoms with E-state index in [0.29, 0.717) is 17.1 Å². The van der Waals surface area contributed by atoms with Gasteiger partial charge in [-0.1, -0.05) is 11.6 Å². The van der Waals surface area contributed by atoms with Crippen molar-refractivity contribution in [1.29, 1.82) is 0 Å². The Kier molecular flexibility index (Phi) is 7.22. The number of quaternary nitrogens is 1. The van der Waals surface area contributed by atoms with Crippen molar-refractivity contribution in [2.75, 3.05) is 19.8 Å². The fraction of sp³-hybridized carbons (Fsp3) is 0.429. The van der Waals surface area contributed by atoms with E-state index in [0.717, 1.165) is 0 Å². The van der Waals surface area contributed by atoms with Crippen molar-refractivity contribution >= 4 is 23.4 Å². The number of ether oxygens (including phenoxy) is 1. The van der Waals surface area contributed by atoms with Crippen LogP contribution in [0.25, 0.3) is 0 Å². The number of rotatable bonds is 8. The van der Waals surface area contributed by atoms with Crippen molar-refractivity contribution in [2.45, 2.75) is 19.4 Å². The summed E-state index contributed by atoms with van der Waals surface area (Å²) in [5.74, 6) is -0.493. The molecule has 6 heteroatoms.